The summed E-state index contributed by atoms with van der Waals surface area (Å²) in [6.45, 7) is 0. The molecule has 0 bridgehead atoms. The molecule has 5 heteroatoms. The molecule has 0 radical (unpaired) electrons. The van der Waals surface area contributed by atoms with Crippen molar-refractivity contribution >= 4 is 0 Å². The van der Waals surface area contributed by atoms with Crippen LogP contribution in [-0.4, -0.2) is 26.2 Å². The lowest BCUT2D eigenvalue weighted by Gasteiger charge is -2.16. The van der Waals surface area contributed by atoms with Crippen molar-refractivity contribution in [2.45, 2.75) is 38.1 Å². The van der Waals surface area contributed by atoms with Crippen LogP contribution in [0.15, 0.2) is 0 Å². The minimum atomic E-state index is 0.210. The van der Waals surface area contributed by atoms with Gasteiger partial charge in [0.2, 0.25) is 0 Å². The van der Waals surface area contributed by atoms with Gasteiger partial charge in [0.05, 0.1) is 7.05 Å². The molecule has 1 fully saturated rings. The minimum absolute atomic E-state index is 0.210. The molecule has 1 atom stereocenters. The average Bonchev–Trinajstić information content (AvgIpc) is 2.75. The molecule has 2 N–H and O–H groups in total. The normalized spacial score (nSPS) is 20.1. The van der Waals surface area contributed by atoms with Gasteiger partial charge < -0.3 is 5.73 Å². The molecule has 0 saturated heterocycles. The van der Waals surface area contributed by atoms with Crippen LogP contribution >= 0.6 is 0 Å². The van der Waals surface area contributed by atoms with Gasteiger partial charge in [0.15, 0.2) is 5.82 Å². The minimum Gasteiger partial charge on any atom is -0.327 e. The van der Waals surface area contributed by atoms with E-state index >= 15 is 0 Å². The Morgan fingerprint density at radius 2 is 2.21 bits per heavy atom. The van der Waals surface area contributed by atoms with Gasteiger partial charge >= 0.3 is 0 Å². The van der Waals surface area contributed by atoms with E-state index in [4.69, 9.17) is 5.73 Å². The quantitative estimate of drug-likeness (QED) is 0.751. The summed E-state index contributed by atoms with van der Waals surface area (Å²) >= 11 is 0. The molecule has 1 saturated carbocycles. The lowest BCUT2D eigenvalue weighted by molar-refractivity contribution is 0.422. The summed E-state index contributed by atoms with van der Waals surface area (Å²) in [5.41, 5.74) is 6.10. The maximum absolute atomic E-state index is 6.10. The van der Waals surface area contributed by atoms with E-state index in [1.807, 2.05) is 0 Å². The van der Waals surface area contributed by atoms with Gasteiger partial charge in [0.1, 0.15) is 0 Å². The third-order valence-corrected chi connectivity index (χ3v) is 2.97. The molecule has 1 aliphatic carbocycles. The van der Waals surface area contributed by atoms with Gasteiger partial charge in [-0.2, -0.15) is 4.80 Å². The number of tetrazole rings is 1. The first kappa shape index (κ1) is 9.58. The highest BCUT2D eigenvalue weighted by Gasteiger charge is 2.23. The Bertz CT molecular complexity index is 289. The second-order valence-electron chi connectivity index (χ2n) is 4.11. The zero-order chi connectivity index (χ0) is 9.97. The molecular weight excluding hydrogens is 178 g/mol. The van der Waals surface area contributed by atoms with Gasteiger partial charge in [-0.3, -0.25) is 0 Å². The topological polar surface area (TPSA) is 69.6 Å². The number of nitrogens with two attached hydrogens (primary N) is 1. The van der Waals surface area contributed by atoms with E-state index in [2.05, 4.69) is 15.4 Å². The van der Waals surface area contributed by atoms with Crippen molar-refractivity contribution in [1.29, 1.82) is 0 Å². The molecule has 2 rings (SSSR count). The summed E-state index contributed by atoms with van der Waals surface area (Å²) in [6, 6.07) is 0.210. The smallest absolute Gasteiger partial charge is 0.176 e. The van der Waals surface area contributed by atoms with Gasteiger partial charge in [-0.15, -0.1) is 10.2 Å². The van der Waals surface area contributed by atoms with Crippen molar-refractivity contribution in [3.63, 3.8) is 0 Å². The van der Waals surface area contributed by atoms with Crippen LogP contribution in [0.2, 0.25) is 0 Å². The van der Waals surface area contributed by atoms with Gasteiger partial charge in [0.25, 0.3) is 0 Å². The van der Waals surface area contributed by atoms with Crippen LogP contribution in [0.25, 0.3) is 0 Å². The highest BCUT2D eigenvalue weighted by Crippen LogP contribution is 2.27. The SMILES string of the molecule is Cn1nnc(CC(N)C2CCCC2)n1. The molecule has 5 nitrogen and oxygen atoms in total. The van der Waals surface area contributed by atoms with E-state index in [1.54, 1.807) is 7.05 Å². The molecule has 0 aromatic carbocycles. The summed E-state index contributed by atoms with van der Waals surface area (Å²) in [7, 11) is 1.78. The van der Waals surface area contributed by atoms with Crippen LogP contribution in [-0.2, 0) is 13.5 Å². The third-order valence-electron chi connectivity index (χ3n) is 2.97. The first-order valence-electron chi connectivity index (χ1n) is 5.24. The predicted octanol–water partition coefficient (Wildman–Crippen LogP) is 0.270. The average molecular weight is 195 g/mol. The van der Waals surface area contributed by atoms with Crippen molar-refractivity contribution in [2.75, 3.05) is 0 Å². The summed E-state index contributed by atoms with van der Waals surface area (Å²) in [4.78, 5) is 1.48. The second kappa shape index (κ2) is 4.04. The summed E-state index contributed by atoms with van der Waals surface area (Å²) in [5, 5.41) is 11.9. The number of nitrogens with zero attached hydrogens (tertiary/aromatic N) is 4. The Morgan fingerprint density at radius 3 is 2.79 bits per heavy atom. The zero-order valence-electron chi connectivity index (χ0n) is 8.56. The maximum Gasteiger partial charge on any atom is 0.176 e. The molecule has 1 aliphatic rings. The van der Waals surface area contributed by atoms with E-state index in [1.165, 1.54) is 30.5 Å². The van der Waals surface area contributed by atoms with Crippen LogP contribution in [0, 0.1) is 5.92 Å². The van der Waals surface area contributed by atoms with Crippen molar-refractivity contribution in [3.8, 4) is 0 Å². The Hall–Kier alpha value is -0.970. The summed E-state index contributed by atoms with van der Waals surface area (Å²) in [5.74, 6) is 1.44. The van der Waals surface area contributed by atoms with E-state index in [0.717, 1.165) is 12.2 Å². The molecule has 0 amide bonds. The van der Waals surface area contributed by atoms with Crippen molar-refractivity contribution < 1.29 is 0 Å². The van der Waals surface area contributed by atoms with Gasteiger partial charge in [-0.05, 0) is 24.0 Å². The van der Waals surface area contributed by atoms with Crippen molar-refractivity contribution in [1.82, 2.24) is 20.2 Å². The fourth-order valence-corrected chi connectivity index (χ4v) is 2.17. The molecule has 1 heterocycles. The van der Waals surface area contributed by atoms with Crippen molar-refractivity contribution in [2.24, 2.45) is 18.7 Å². The highest BCUT2D eigenvalue weighted by molar-refractivity contribution is 4.88. The first-order chi connectivity index (χ1) is 6.75. The number of aromatic nitrogens is 4. The molecule has 1 aromatic rings. The van der Waals surface area contributed by atoms with Crippen LogP contribution in [0.1, 0.15) is 31.5 Å². The highest BCUT2D eigenvalue weighted by atomic mass is 15.6. The lowest BCUT2D eigenvalue weighted by Crippen LogP contribution is -2.31. The van der Waals surface area contributed by atoms with Crippen LogP contribution < -0.4 is 5.73 Å². The van der Waals surface area contributed by atoms with E-state index in [9.17, 15) is 0 Å². The predicted molar refractivity (Wildman–Crippen MR) is 52.4 cm³/mol. The zero-order valence-corrected chi connectivity index (χ0v) is 8.56. The molecule has 1 aromatic heterocycles. The Morgan fingerprint density at radius 1 is 1.50 bits per heavy atom. The summed E-state index contributed by atoms with van der Waals surface area (Å²) < 4.78 is 0. The third kappa shape index (κ3) is 2.09. The Balaban J connectivity index is 1.90. The van der Waals surface area contributed by atoms with Gasteiger partial charge in [-0.1, -0.05) is 12.8 Å². The van der Waals surface area contributed by atoms with E-state index in [-0.39, 0.29) is 6.04 Å². The molecule has 0 spiro atoms. The lowest BCUT2D eigenvalue weighted by atomic mass is 9.96. The Labute approximate surface area is 83.7 Å². The van der Waals surface area contributed by atoms with Crippen molar-refractivity contribution in [3.05, 3.63) is 5.82 Å². The fraction of sp³-hybridized carbons (Fsp3) is 0.889. The molecule has 1 unspecified atom stereocenters. The number of hydrogen-bond acceptors (Lipinski definition) is 4. The number of hydrogen-bond donors (Lipinski definition) is 1. The van der Waals surface area contributed by atoms with Crippen LogP contribution in [0.4, 0.5) is 0 Å². The largest absolute Gasteiger partial charge is 0.327 e. The Kier molecular flexibility index (Phi) is 2.77. The van der Waals surface area contributed by atoms with Gasteiger partial charge in [-0.25, -0.2) is 0 Å². The fourth-order valence-electron chi connectivity index (χ4n) is 2.17. The maximum atomic E-state index is 6.10. The molecule has 14 heavy (non-hydrogen) atoms. The van der Waals surface area contributed by atoms with E-state index < -0.39 is 0 Å². The second-order valence-corrected chi connectivity index (χ2v) is 4.11. The molecule has 78 valence electrons. The molecular formula is C9H17N5. The molecule has 0 aliphatic heterocycles. The van der Waals surface area contributed by atoms with Crippen LogP contribution in [0.3, 0.4) is 0 Å². The number of aryl methyl sites for hydroxylation is 1. The van der Waals surface area contributed by atoms with E-state index in [0.29, 0.717) is 5.92 Å². The number of rotatable bonds is 3. The van der Waals surface area contributed by atoms with Gasteiger partial charge in [0, 0.05) is 12.5 Å². The first-order valence-corrected chi connectivity index (χ1v) is 5.24. The monoisotopic (exact) mass is 195 g/mol. The standard InChI is InChI=1S/C9H17N5/c1-14-12-9(11-13-14)6-8(10)7-4-2-3-5-7/h7-8H,2-6,10H2,1H3. The summed E-state index contributed by atoms with van der Waals surface area (Å²) in [6.07, 6.45) is 5.94. The van der Waals surface area contributed by atoms with Crippen LogP contribution in [0.5, 0.6) is 0 Å².